The molecule has 0 spiro atoms. The van der Waals surface area contributed by atoms with Crippen LogP contribution in [0.15, 0.2) is 66.7 Å². The molecule has 1 aromatic heterocycles. The van der Waals surface area contributed by atoms with Gasteiger partial charge < -0.3 is 29.4 Å². The molecule has 0 saturated carbocycles. The van der Waals surface area contributed by atoms with Gasteiger partial charge in [0.25, 0.3) is 0 Å². The predicted octanol–water partition coefficient (Wildman–Crippen LogP) is 6.38. The number of carbonyl (C=O) groups is 1. The zero-order chi connectivity index (χ0) is 29.3. The molecule has 9 heteroatoms. The first-order chi connectivity index (χ1) is 20.5. The minimum absolute atomic E-state index is 0.00283. The Labute approximate surface area is 246 Å². The number of nitrogens with one attached hydrogen (secondary N) is 1. The summed E-state index contributed by atoms with van der Waals surface area (Å²) in [4.78, 5) is 12.0. The first-order valence-corrected chi connectivity index (χ1v) is 14.6. The Bertz CT molecular complexity index is 1460. The summed E-state index contributed by atoms with van der Waals surface area (Å²) in [7, 11) is 0. The molecule has 1 amide bonds. The van der Waals surface area contributed by atoms with Gasteiger partial charge in [-0.05, 0) is 87.1 Å². The average Bonchev–Trinajstić information content (AvgIpc) is 3.39. The highest BCUT2D eigenvalue weighted by Crippen LogP contribution is 2.36. The van der Waals surface area contributed by atoms with Gasteiger partial charge in [-0.2, -0.15) is 5.10 Å². The molecule has 1 atom stereocenters. The molecule has 1 saturated heterocycles. The van der Waals surface area contributed by atoms with Gasteiger partial charge in [0.05, 0.1) is 24.8 Å². The zero-order valence-electron chi connectivity index (χ0n) is 24.3. The molecule has 1 aliphatic rings. The fourth-order valence-corrected chi connectivity index (χ4v) is 5.01. The lowest BCUT2D eigenvalue weighted by Gasteiger charge is -2.23. The van der Waals surface area contributed by atoms with Crippen molar-refractivity contribution in [2.75, 3.05) is 19.8 Å². The summed E-state index contributed by atoms with van der Waals surface area (Å²) < 4.78 is 25.4. The highest BCUT2D eigenvalue weighted by atomic mass is 16.5. The topological polar surface area (TPSA) is 104 Å². The fourth-order valence-electron chi connectivity index (χ4n) is 5.01. The maximum atomic E-state index is 12.0. The van der Waals surface area contributed by atoms with Gasteiger partial charge in [-0.3, -0.25) is 0 Å². The van der Waals surface area contributed by atoms with Crippen LogP contribution in [0.2, 0.25) is 0 Å². The van der Waals surface area contributed by atoms with Gasteiger partial charge in [0.2, 0.25) is 0 Å². The molecule has 3 aromatic carbocycles. The minimum atomic E-state index is -0.451. The molecule has 1 unspecified atom stereocenters. The van der Waals surface area contributed by atoms with Crippen LogP contribution in [-0.2, 0) is 22.7 Å². The van der Waals surface area contributed by atoms with E-state index in [1.54, 1.807) is 0 Å². The SMILES string of the molecule is CC(C)Oc1cc(CO)cc(-c2nn(C3CCCCO3)c3ccc(OCCCNC(=O)OCc4ccccc4)cc23)c1. The third-order valence-corrected chi connectivity index (χ3v) is 6.97. The van der Waals surface area contributed by atoms with E-state index in [9.17, 15) is 9.90 Å². The van der Waals surface area contributed by atoms with Crippen molar-refractivity contribution < 1.29 is 28.8 Å². The van der Waals surface area contributed by atoms with Crippen LogP contribution in [0, 0.1) is 0 Å². The van der Waals surface area contributed by atoms with E-state index in [1.165, 1.54) is 0 Å². The molecule has 0 radical (unpaired) electrons. The summed E-state index contributed by atoms with van der Waals surface area (Å²) in [5.41, 5.74) is 4.27. The summed E-state index contributed by atoms with van der Waals surface area (Å²) >= 11 is 0. The number of benzene rings is 3. The van der Waals surface area contributed by atoms with E-state index in [0.717, 1.165) is 52.5 Å². The maximum absolute atomic E-state index is 12.0. The Morgan fingerprint density at radius 1 is 1.07 bits per heavy atom. The second-order valence-electron chi connectivity index (χ2n) is 10.7. The van der Waals surface area contributed by atoms with Crippen molar-refractivity contribution >= 4 is 17.0 Å². The van der Waals surface area contributed by atoms with Gasteiger partial charge >= 0.3 is 6.09 Å². The van der Waals surface area contributed by atoms with Crippen molar-refractivity contribution in [1.82, 2.24) is 15.1 Å². The fraction of sp³-hybridized carbons (Fsp3) is 0.394. The molecule has 222 valence electrons. The van der Waals surface area contributed by atoms with Crippen LogP contribution in [0.25, 0.3) is 22.2 Å². The molecular formula is C33H39N3O6. The number of amides is 1. The van der Waals surface area contributed by atoms with Gasteiger partial charge in [0.1, 0.15) is 23.8 Å². The van der Waals surface area contributed by atoms with Crippen LogP contribution in [-0.4, -0.2) is 46.8 Å². The maximum Gasteiger partial charge on any atom is 0.407 e. The highest BCUT2D eigenvalue weighted by molar-refractivity contribution is 5.94. The summed E-state index contributed by atoms with van der Waals surface area (Å²) in [6.07, 6.45) is 3.06. The van der Waals surface area contributed by atoms with E-state index >= 15 is 0 Å². The smallest absolute Gasteiger partial charge is 0.407 e. The summed E-state index contributed by atoms with van der Waals surface area (Å²) in [5, 5.41) is 18.7. The number of hydrogen-bond donors (Lipinski definition) is 2. The van der Waals surface area contributed by atoms with Crippen molar-refractivity contribution in [1.29, 1.82) is 0 Å². The van der Waals surface area contributed by atoms with E-state index in [-0.39, 0.29) is 25.5 Å². The Kier molecular flexibility index (Phi) is 9.94. The minimum Gasteiger partial charge on any atom is -0.494 e. The molecule has 0 bridgehead atoms. The molecule has 1 fully saturated rings. The molecule has 4 aromatic rings. The third kappa shape index (κ3) is 7.60. The van der Waals surface area contributed by atoms with Crippen molar-refractivity contribution in [2.24, 2.45) is 0 Å². The van der Waals surface area contributed by atoms with Crippen LogP contribution in [0.4, 0.5) is 4.79 Å². The number of aliphatic hydroxyl groups is 1. The summed E-state index contributed by atoms with van der Waals surface area (Å²) in [6.45, 7) is 5.65. The highest BCUT2D eigenvalue weighted by Gasteiger charge is 2.23. The van der Waals surface area contributed by atoms with Gasteiger partial charge in [0.15, 0.2) is 6.23 Å². The second-order valence-corrected chi connectivity index (χ2v) is 10.7. The second kappa shape index (κ2) is 14.2. The normalized spacial score (nSPS) is 15.1. The number of alkyl carbamates (subject to hydrolysis) is 1. The summed E-state index contributed by atoms with van der Waals surface area (Å²) in [5.74, 6) is 1.39. The van der Waals surface area contributed by atoms with Crippen molar-refractivity contribution in [2.45, 2.75) is 65.1 Å². The molecule has 9 nitrogen and oxygen atoms in total. The Hall–Kier alpha value is -4.08. The first-order valence-electron chi connectivity index (χ1n) is 14.6. The van der Waals surface area contributed by atoms with E-state index in [0.29, 0.717) is 37.7 Å². The lowest BCUT2D eigenvalue weighted by molar-refractivity contribution is -0.0365. The number of carbonyl (C=O) groups excluding carboxylic acids is 1. The number of aliphatic hydroxyl groups excluding tert-OH is 1. The van der Waals surface area contributed by atoms with Crippen LogP contribution in [0.5, 0.6) is 11.5 Å². The van der Waals surface area contributed by atoms with Gasteiger partial charge in [-0.25, -0.2) is 9.48 Å². The lowest BCUT2D eigenvalue weighted by Crippen LogP contribution is -2.26. The van der Waals surface area contributed by atoms with E-state index in [2.05, 4.69) is 5.32 Å². The Balaban J connectivity index is 1.29. The standard InChI is InChI=1S/C33H39N3O6/c1-23(2)42-28-18-25(21-37)17-26(19-28)32-29-20-27(12-13-30(29)36(35-32)31-11-6-7-15-40-31)39-16-8-14-34-33(38)41-22-24-9-4-3-5-10-24/h3-5,9-10,12-13,17-20,23,31,37H,6-8,11,14-16,21-22H2,1-2H3,(H,34,38). The zero-order valence-corrected chi connectivity index (χ0v) is 24.3. The van der Waals surface area contributed by atoms with Crippen molar-refractivity contribution in [3.8, 4) is 22.8 Å². The number of ether oxygens (including phenoxy) is 4. The number of aromatic nitrogens is 2. The number of nitrogens with zero attached hydrogens (tertiary/aromatic N) is 2. The number of hydrogen-bond acceptors (Lipinski definition) is 7. The van der Waals surface area contributed by atoms with E-state index in [4.69, 9.17) is 24.0 Å². The van der Waals surface area contributed by atoms with Crippen LogP contribution in [0.1, 0.15) is 56.9 Å². The average molecular weight is 574 g/mol. The van der Waals surface area contributed by atoms with E-state index in [1.807, 2.05) is 85.3 Å². The molecule has 1 aliphatic heterocycles. The van der Waals surface area contributed by atoms with Crippen LogP contribution < -0.4 is 14.8 Å². The number of fused-ring (bicyclic) bond motifs is 1. The third-order valence-electron chi connectivity index (χ3n) is 6.97. The lowest BCUT2D eigenvalue weighted by atomic mass is 10.0. The van der Waals surface area contributed by atoms with E-state index < -0.39 is 6.09 Å². The molecule has 2 N–H and O–H groups in total. The number of rotatable bonds is 12. The molecule has 42 heavy (non-hydrogen) atoms. The Morgan fingerprint density at radius 2 is 1.93 bits per heavy atom. The molecule has 0 aliphatic carbocycles. The molecule has 5 rings (SSSR count). The molecule has 2 heterocycles. The largest absolute Gasteiger partial charge is 0.494 e. The first kappa shape index (κ1) is 29.4. The summed E-state index contributed by atoms with van der Waals surface area (Å²) in [6, 6.07) is 21.3. The van der Waals surface area contributed by atoms with Gasteiger partial charge in [0, 0.05) is 24.1 Å². The van der Waals surface area contributed by atoms with Crippen LogP contribution >= 0.6 is 0 Å². The van der Waals surface area contributed by atoms with Gasteiger partial charge in [-0.15, -0.1) is 0 Å². The Morgan fingerprint density at radius 3 is 2.69 bits per heavy atom. The quantitative estimate of drug-likeness (QED) is 0.190. The molecular weight excluding hydrogens is 534 g/mol. The van der Waals surface area contributed by atoms with Crippen molar-refractivity contribution in [3.05, 3.63) is 77.9 Å². The predicted molar refractivity (Wildman–Crippen MR) is 160 cm³/mol. The van der Waals surface area contributed by atoms with Gasteiger partial charge in [-0.1, -0.05) is 30.3 Å². The van der Waals surface area contributed by atoms with Crippen LogP contribution in [0.3, 0.4) is 0 Å². The van der Waals surface area contributed by atoms with Crippen molar-refractivity contribution in [3.63, 3.8) is 0 Å². The monoisotopic (exact) mass is 573 g/mol.